The van der Waals surface area contributed by atoms with Crippen LogP contribution in [0.3, 0.4) is 0 Å². The van der Waals surface area contributed by atoms with E-state index in [9.17, 15) is 24.0 Å². The summed E-state index contributed by atoms with van der Waals surface area (Å²) in [6.07, 6.45) is 2.24. The molecule has 2 unspecified atom stereocenters. The number of piperidine rings is 2. The second kappa shape index (κ2) is 10.1. The number of rotatable bonds is 6. The van der Waals surface area contributed by atoms with Gasteiger partial charge in [0.2, 0.25) is 11.8 Å². The van der Waals surface area contributed by atoms with Crippen LogP contribution >= 0.6 is 12.4 Å². The summed E-state index contributed by atoms with van der Waals surface area (Å²) in [7, 11) is 0. The zero-order chi connectivity index (χ0) is 22.0. The number of fused-ring (bicyclic) bond motifs is 1. The van der Waals surface area contributed by atoms with E-state index in [0.29, 0.717) is 12.5 Å². The van der Waals surface area contributed by atoms with Gasteiger partial charge < -0.3 is 15.4 Å². The largest absolute Gasteiger partial charge is 0.483 e. The van der Waals surface area contributed by atoms with Crippen molar-refractivity contribution in [3.05, 3.63) is 29.3 Å². The molecule has 172 valence electrons. The molecule has 3 aliphatic heterocycles. The highest BCUT2D eigenvalue weighted by Crippen LogP contribution is 2.33. The van der Waals surface area contributed by atoms with E-state index in [1.807, 2.05) is 0 Å². The summed E-state index contributed by atoms with van der Waals surface area (Å²) in [5.41, 5.74) is 0.141. The maximum absolute atomic E-state index is 13.0. The molecule has 0 aliphatic carbocycles. The van der Waals surface area contributed by atoms with Gasteiger partial charge in [0.05, 0.1) is 11.1 Å². The van der Waals surface area contributed by atoms with Crippen molar-refractivity contribution in [3.8, 4) is 5.75 Å². The first-order chi connectivity index (χ1) is 15.0. The normalized spacial score (nSPS) is 22.7. The highest BCUT2D eigenvalue weighted by molar-refractivity contribution is 6.24. The maximum atomic E-state index is 13.0. The Hall–Kier alpha value is -2.98. The fraction of sp³-hybridized carbons (Fsp3) is 0.476. The molecule has 4 rings (SSSR count). The Balaban J connectivity index is 0.00000289. The van der Waals surface area contributed by atoms with Gasteiger partial charge in [0.15, 0.2) is 6.61 Å². The van der Waals surface area contributed by atoms with Crippen LogP contribution in [0, 0.1) is 5.92 Å². The van der Waals surface area contributed by atoms with Crippen LogP contribution in [0.4, 0.5) is 0 Å². The number of nitrogens with one attached hydrogen (secondary N) is 3. The number of amides is 5. The standard InChI is InChI=1S/C21H24N4O6.ClH/c26-16-7-6-14(19(28)24-16)25-20(29)13-4-1-5-15(18(13)21(25)30)31-11-17(27)23-10-12-3-2-8-22-9-12;/h1,4-5,12,14,22H,2-3,6-11H2,(H,23,27)(H,24,26,28);1H. The summed E-state index contributed by atoms with van der Waals surface area (Å²) in [4.78, 5) is 62.4. The van der Waals surface area contributed by atoms with Crippen molar-refractivity contribution in [2.75, 3.05) is 26.2 Å². The summed E-state index contributed by atoms with van der Waals surface area (Å²) in [6, 6.07) is 3.49. The van der Waals surface area contributed by atoms with Crippen molar-refractivity contribution >= 4 is 41.9 Å². The Morgan fingerprint density at radius 1 is 1.16 bits per heavy atom. The van der Waals surface area contributed by atoms with Crippen LogP contribution in [0.15, 0.2) is 18.2 Å². The smallest absolute Gasteiger partial charge is 0.266 e. The Kier molecular flexibility index (Phi) is 7.47. The van der Waals surface area contributed by atoms with E-state index in [4.69, 9.17) is 4.74 Å². The molecular formula is C21H25ClN4O6. The lowest BCUT2D eigenvalue weighted by Crippen LogP contribution is -2.54. The second-order valence-electron chi connectivity index (χ2n) is 7.93. The highest BCUT2D eigenvalue weighted by Gasteiger charge is 2.46. The van der Waals surface area contributed by atoms with E-state index < -0.39 is 29.7 Å². The molecule has 10 nitrogen and oxygen atoms in total. The lowest BCUT2D eigenvalue weighted by molar-refractivity contribution is -0.136. The van der Waals surface area contributed by atoms with Crippen LogP contribution in [-0.2, 0) is 14.4 Å². The second-order valence-corrected chi connectivity index (χ2v) is 7.93. The van der Waals surface area contributed by atoms with Crippen molar-refractivity contribution in [2.24, 2.45) is 5.92 Å². The molecule has 2 saturated heterocycles. The summed E-state index contributed by atoms with van der Waals surface area (Å²) in [5.74, 6) is -2.23. The third-order valence-corrected chi connectivity index (χ3v) is 5.78. The topological polar surface area (TPSA) is 134 Å². The average molecular weight is 465 g/mol. The van der Waals surface area contributed by atoms with Crippen molar-refractivity contribution < 1.29 is 28.7 Å². The summed E-state index contributed by atoms with van der Waals surface area (Å²) in [6.45, 7) is 2.11. The van der Waals surface area contributed by atoms with Gasteiger partial charge in [-0.1, -0.05) is 6.07 Å². The fourth-order valence-electron chi connectivity index (χ4n) is 4.15. The number of hydrogen-bond acceptors (Lipinski definition) is 7. The van der Waals surface area contributed by atoms with Crippen molar-refractivity contribution in [1.29, 1.82) is 0 Å². The molecule has 3 N–H and O–H groups in total. The Morgan fingerprint density at radius 3 is 2.69 bits per heavy atom. The minimum atomic E-state index is -1.05. The highest BCUT2D eigenvalue weighted by atomic mass is 35.5. The van der Waals surface area contributed by atoms with Gasteiger partial charge in [0.25, 0.3) is 17.7 Å². The zero-order valence-electron chi connectivity index (χ0n) is 17.3. The Bertz CT molecular complexity index is 946. The van der Waals surface area contributed by atoms with E-state index in [0.717, 1.165) is 30.8 Å². The summed E-state index contributed by atoms with van der Waals surface area (Å²) >= 11 is 0. The molecule has 0 spiro atoms. The summed E-state index contributed by atoms with van der Waals surface area (Å²) in [5, 5.41) is 8.27. The van der Waals surface area contributed by atoms with E-state index in [1.54, 1.807) is 6.07 Å². The van der Waals surface area contributed by atoms with Crippen LogP contribution in [-0.4, -0.2) is 66.7 Å². The molecule has 2 fully saturated rings. The van der Waals surface area contributed by atoms with Crippen LogP contribution < -0.4 is 20.7 Å². The predicted molar refractivity (Wildman–Crippen MR) is 114 cm³/mol. The minimum absolute atomic E-state index is 0. The first-order valence-corrected chi connectivity index (χ1v) is 10.4. The number of benzene rings is 1. The molecule has 1 aromatic carbocycles. The molecule has 3 aliphatic rings. The van der Waals surface area contributed by atoms with Gasteiger partial charge in [0, 0.05) is 13.0 Å². The van der Waals surface area contributed by atoms with Gasteiger partial charge in [-0.3, -0.25) is 34.2 Å². The number of hydrogen-bond donors (Lipinski definition) is 3. The molecule has 0 radical (unpaired) electrons. The number of ether oxygens (including phenoxy) is 1. The number of imide groups is 2. The van der Waals surface area contributed by atoms with Gasteiger partial charge in [-0.05, 0) is 50.4 Å². The molecule has 0 aromatic heterocycles. The third-order valence-electron chi connectivity index (χ3n) is 5.78. The van der Waals surface area contributed by atoms with Crippen LogP contribution in [0.25, 0.3) is 0 Å². The molecule has 0 bridgehead atoms. The molecular weight excluding hydrogens is 440 g/mol. The molecule has 2 atom stereocenters. The third kappa shape index (κ3) is 4.76. The first-order valence-electron chi connectivity index (χ1n) is 10.4. The average Bonchev–Trinajstić information content (AvgIpc) is 3.02. The minimum Gasteiger partial charge on any atom is -0.483 e. The summed E-state index contributed by atoms with van der Waals surface area (Å²) < 4.78 is 5.57. The van der Waals surface area contributed by atoms with Crippen molar-refractivity contribution in [2.45, 2.75) is 31.7 Å². The first kappa shape index (κ1) is 23.7. The number of carbonyl (C=O) groups excluding carboxylic acids is 5. The van der Waals surface area contributed by atoms with Gasteiger partial charge in [-0.25, -0.2) is 0 Å². The number of halogens is 1. The Morgan fingerprint density at radius 2 is 1.97 bits per heavy atom. The van der Waals surface area contributed by atoms with Crippen LogP contribution in [0.2, 0.25) is 0 Å². The van der Waals surface area contributed by atoms with Gasteiger partial charge in [-0.2, -0.15) is 0 Å². The quantitative estimate of drug-likeness (QED) is 0.504. The van der Waals surface area contributed by atoms with Crippen molar-refractivity contribution in [3.63, 3.8) is 0 Å². The van der Waals surface area contributed by atoms with Crippen LogP contribution in [0.1, 0.15) is 46.4 Å². The number of carbonyl (C=O) groups is 5. The molecule has 32 heavy (non-hydrogen) atoms. The molecule has 11 heteroatoms. The van der Waals surface area contributed by atoms with Gasteiger partial charge in [0.1, 0.15) is 11.8 Å². The van der Waals surface area contributed by atoms with E-state index in [2.05, 4.69) is 16.0 Å². The fourth-order valence-corrected chi connectivity index (χ4v) is 4.15. The lowest BCUT2D eigenvalue weighted by Gasteiger charge is -2.27. The van der Waals surface area contributed by atoms with E-state index in [-0.39, 0.29) is 54.6 Å². The van der Waals surface area contributed by atoms with Gasteiger partial charge >= 0.3 is 0 Å². The van der Waals surface area contributed by atoms with Crippen LogP contribution in [0.5, 0.6) is 5.75 Å². The zero-order valence-corrected chi connectivity index (χ0v) is 18.2. The molecule has 1 aromatic rings. The lowest BCUT2D eigenvalue weighted by atomic mass is 10.00. The van der Waals surface area contributed by atoms with Gasteiger partial charge in [-0.15, -0.1) is 12.4 Å². The molecule has 5 amide bonds. The maximum Gasteiger partial charge on any atom is 0.266 e. The Labute approximate surface area is 190 Å². The van der Waals surface area contributed by atoms with E-state index in [1.165, 1.54) is 12.1 Å². The molecule has 3 heterocycles. The van der Waals surface area contributed by atoms with E-state index >= 15 is 0 Å². The number of nitrogens with zero attached hydrogens (tertiary/aromatic N) is 1. The van der Waals surface area contributed by atoms with Crippen molar-refractivity contribution in [1.82, 2.24) is 20.9 Å². The predicted octanol–water partition coefficient (Wildman–Crippen LogP) is 0.00420. The molecule has 0 saturated carbocycles. The monoisotopic (exact) mass is 464 g/mol. The SMILES string of the molecule is Cl.O=C(COc1cccc2c1C(=O)N(C1CCC(=O)NC1=O)C2=O)NCC1CCCNC1.